The number of hydrogen-bond donors (Lipinski definition) is 2. The predicted molar refractivity (Wildman–Crippen MR) is 124 cm³/mol. The van der Waals surface area contributed by atoms with Gasteiger partial charge in [0.05, 0.1) is 6.20 Å². The average molecular weight is 485 g/mol. The minimum absolute atomic E-state index is 0.276. The van der Waals surface area contributed by atoms with Gasteiger partial charge in [0.2, 0.25) is 5.82 Å². The first kappa shape index (κ1) is 23.5. The van der Waals surface area contributed by atoms with Crippen molar-refractivity contribution < 1.29 is 23.8 Å². The van der Waals surface area contributed by atoms with E-state index in [1.807, 2.05) is 17.1 Å². The topological polar surface area (TPSA) is 118 Å². The van der Waals surface area contributed by atoms with Crippen molar-refractivity contribution in [2.75, 3.05) is 0 Å². The number of benzene rings is 1. The number of aromatic amines is 1. The van der Waals surface area contributed by atoms with Gasteiger partial charge in [0.1, 0.15) is 11.8 Å². The number of fused-ring (bicyclic) bond motifs is 5. The second-order valence-corrected chi connectivity index (χ2v) is 10.5. The van der Waals surface area contributed by atoms with E-state index in [4.69, 9.17) is 4.74 Å². The maximum absolute atomic E-state index is 14.0. The number of nitrogens with one attached hydrogen (secondary N) is 1. The molecule has 6 atom stereocenters. The van der Waals surface area contributed by atoms with Gasteiger partial charge in [0.25, 0.3) is 5.56 Å². The molecule has 1 aromatic heterocycles. The molecule has 0 amide bonds. The highest BCUT2D eigenvalue weighted by molar-refractivity contribution is 5.72. The summed E-state index contributed by atoms with van der Waals surface area (Å²) in [5.41, 5.74) is 0.0906. The number of ether oxygens (including phenoxy) is 1. The zero-order valence-electron chi connectivity index (χ0n) is 19.8. The Labute approximate surface area is 201 Å². The van der Waals surface area contributed by atoms with Crippen LogP contribution in [0.3, 0.4) is 0 Å². The van der Waals surface area contributed by atoms with Crippen LogP contribution >= 0.6 is 0 Å². The van der Waals surface area contributed by atoms with E-state index in [0.717, 1.165) is 42.9 Å². The van der Waals surface area contributed by atoms with Crippen LogP contribution in [0, 0.1) is 29.0 Å². The van der Waals surface area contributed by atoms with Crippen molar-refractivity contribution >= 4 is 11.9 Å². The van der Waals surface area contributed by atoms with Crippen molar-refractivity contribution in [2.24, 2.45) is 23.2 Å². The summed E-state index contributed by atoms with van der Waals surface area (Å²) >= 11 is 0. The van der Waals surface area contributed by atoms with Crippen LogP contribution in [0.2, 0.25) is 0 Å². The normalized spacial score (nSPS) is 30.0. The molecular weight excluding hydrogens is 455 g/mol. The first-order chi connectivity index (χ1) is 16.6. The molecule has 9 heteroatoms. The monoisotopic (exact) mass is 484 g/mol. The minimum Gasteiger partial charge on any atom is -0.480 e. The summed E-state index contributed by atoms with van der Waals surface area (Å²) in [5, 5.41) is 10.1. The number of rotatable bonds is 4. The lowest BCUT2D eigenvalue weighted by molar-refractivity contribution is -0.145. The van der Waals surface area contributed by atoms with Crippen molar-refractivity contribution in [3.05, 3.63) is 62.2 Å². The van der Waals surface area contributed by atoms with Crippen molar-refractivity contribution in [3.63, 3.8) is 0 Å². The third-order valence-corrected chi connectivity index (χ3v) is 8.89. The molecule has 3 aliphatic carbocycles. The Kier molecular flexibility index (Phi) is 5.68. The van der Waals surface area contributed by atoms with E-state index in [1.165, 1.54) is 18.1 Å². The smallest absolute Gasteiger partial charge is 0.329 e. The number of halogens is 1. The molecule has 2 aromatic rings. The Hall–Kier alpha value is -3.23. The molecule has 35 heavy (non-hydrogen) atoms. The minimum atomic E-state index is -1.25. The fourth-order valence-corrected chi connectivity index (χ4v) is 7.50. The molecule has 0 saturated heterocycles. The molecule has 1 aromatic carbocycles. The van der Waals surface area contributed by atoms with Gasteiger partial charge in [-0.25, -0.2) is 9.59 Å². The molecule has 0 aliphatic heterocycles. The van der Waals surface area contributed by atoms with Gasteiger partial charge in [-0.15, -0.1) is 0 Å². The second kappa shape index (κ2) is 8.46. The lowest BCUT2D eigenvalue weighted by Crippen LogP contribution is -2.47. The van der Waals surface area contributed by atoms with Crippen LogP contribution in [0.4, 0.5) is 4.39 Å². The maximum Gasteiger partial charge on any atom is 0.329 e. The molecule has 0 bridgehead atoms. The number of carbonyl (C=O) groups is 2. The molecule has 0 radical (unpaired) electrons. The summed E-state index contributed by atoms with van der Waals surface area (Å²) in [7, 11) is 0. The average Bonchev–Trinajstić information content (AvgIpc) is 3.13. The lowest BCUT2D eigenvalue weighted by Gasteiger charge is -2.51. The van der Waals surface area contributed by atoms with Gasteiger partial charge in [0, 0.05) is 6.92 Å². The summed E-state index contributed by atoms with van der Waals surface area (Å²) < 4.78 is 20.2. The van der Waals surface area contributed by atoms with E-state index in [0.29, 0.717) is 24.0 Å². The summed E-state index contributed by atoms with van der Waals surface area (Å²) in [5.74, 6) is -1.52. The number of carboxylic acid groups (broad SMARTS) is 1. The summed E-state index contributed by atoms with van der Waals surface area (Å²) in [6, 6.07) is 4.60. The van der Waals surface area contributed by atoms with Crippen LogP contribution in [0.1, 0.15) is 69.0 Å². The summed E-state index contributed by atoms with van der Waals surface area (Å²) in [6.45, 7) is 3.50. The van der Waals surface area contributed by atoms with Crippen molar-refractivity contribution in [1.82, 2.24) is 9.55 Å². The molecule has 8 nitrogen and oxygen atoms in total. The molecule has 186 valence electrons. The molecule has 2 fully saturated rings. The van der Waals surface area contributed by atoms with Crippen LogP contribution < -0.4 is 16.0 Å². The van der Waals surface area contributed by atoms with Crippen molar-refractivity contribution in [2.45, 2.75) is 64.3 Å². The standard InChI is InChI=1S/C26H29FN2O6/c1-13(30)35-15-4-6-16-14(11-15)3-5-18-17(16)9-10-26(2)19(18)7-8-20(26)22(24(32)33)29-12-21(27)23(31)28-25(29)34/h4,6,11-12,17-20,22H,3,5,7-10H2,1-2H3,(H,32,33)(H,28,31,34)/t17-,18-,19+,20-,22?,26+/m1/s1. The van der Waals surface area contributed by atoms with Crippen LogP contribution in [0.5, 0.6) is 5.75 Å². The number of carbonyl (C=O) groups excluding carboxylic acids is 1. The highest BCUT2D eigenvalue weighted by atomic mass is 19.1. The van der Waals surface area contributed by atoms with Crippen LogP contribution in [-0.4, -0.2) is 26.6 Å². The van der Waals surface area contributed by atoms with Gasteiger partial charge in [-0.2, -0.15) is 4.39 Å². The molecule has 5 rings (SSSR count). The van der Waals surface area contributed by atoms with Gasteiger partial charge in [0.15, 0.2) is 0 Å². The van der Waals surface area contributed by atoms with Crippen molar-refractivity contribution in [3.8, 4) is 5.75 Å². The number of aryl methyl sites for hydroxylation is 1. The van der Waals surface area contributed by atoms with E-state index in [9.17, 15) is 28.7 Å². The largest absolute Gasteiger partial charge is 0.480 e. The molecule has 2 saturated carbocycles. The Morgan fingerprint density at radius 2 is 2.00 bits per heavy atom. The number of esters is 1. The van der Waals surface area contributed by atoms with Gasteiger partial charge < -0.3 is 9.84 Å². The SMILES string of the molecule is CC(=O)Oc1ccc2c(c1)CC[C@@H]1[C@@H]2CC[C@]2(C)[C@@H](C(C(=O)O)n3cc(F)c(=O)[nH]c3=O)CC[C@@H]12. The maximum atomic E-state index is 14.0. The third-order valence-electron chi connectivity index (χ3n) is 8.89. The van der Waals surface area contributed by atoms with Crippen LogP contribution in [-0.2, 0) is 16.0 Å². The van der Waals surface area contributed by atoms with E-state index >= 15 is 0 Å². The van der Waals surface area contributed by atoms with Crippen LogP contribution in [0.25, 0.3) is 0 Å². The molecular formula is C26H29FN2O6. The Bertz CT molecular complexity index is 1320. The first-order valence-corrected chi connectivity index (χ1v) is 12.1. The van der Waals surface area contributed by atoms with E-state index in [1.54, 1.807) is 0 Å². The highest BCUT2D eigenvalue weighted by Crippen LogP contribution is 2.64. The quantitative estimate of drug-likeness (QED) is 0.507. The molecule has 3 aliphatic rings. The van der Waals surface area contributed by atoms with E-state index < -0.39 is 29.1 Å². The van der Waals surface area contributed by atoms with Gasteiger partial charge in [-0.05, 0) is 90.9 Å². The second-order valence-electron chi connectivity index (χ2n) is 10.5. The molecule has 2 N–H and O–H groups in total. The van der Waals surface area contributed by atoms with Crippen LogP contribution in [0.15, 0.2) is 34.0 Å². The third kappa shape index (κ3) is 3.81. The van der Waals surface area contributed by atoms with Gasteiger partial charge in [-0.3, -0.25) is 19.1 Å². The zero-order valence-corrected chi connectivity index (χ0v) is 19.8. The number of aromatic nitrogens is 2. The van der Waals surface area contributed by atoms with Crippen molar-refractivity contribution in [1.29, 1.82) is 0 Å². The lowest BCUT2D eigenvalue weighted by atomic mass is 9.53. The number of carboxylic acids is 1. The number of hydrogen-bond acceptors (Lipinski definition) is 5. The Morgan fingerprint density at radius 3 is 2.71 bits per heavy atom. The molecule has 1 heterocycles. The number of nitrogens with zero attached hydrogens (tertiary/aromatic N) is 1. The molecule has 1 unspecified atom stereocenters. The first-order valence-electron chi connectivity index (χ1n) is 12.1. The fourth-order valence-electron chi connectivity index (χ4n) is 7.50. The number of aliphatic carboxylic acids is 1. The fraction of sp³-hybridized carbons (Fsp3) is 0.538. The predicted octanol–water partition coefficient (Wildman–Crippen LogP) is 3.40. The summed E-state index contributed by atoms with van der Waals surface area (Å²) in [4.78, 5) is 49.6. The number of H-pyrrole nitrogens is 1. The summed E-state index contributed by atoms with van der Waals surface area (Å²) in [6.07, 6.45) is 5.68. The Balaban J connectivity index is 1.46. The zero-order chi connectivity index (χ0) is 25.1. The van der Waals surface area contributed by atoms with E-state index in [-0.39, 0.29) is 23.2 Å². The van der Waals surface area contributed by atoms with E-state index in [2.05, 4.69) is 13.0 Å². The highest BCUT2D eigenvalue weighted by Gasteiger charge is 2.58. The molecule has 0 spiro atoms. The Morgan fingerprint density at radius 1 is 1.23 bits per heavy atom. The van der Waals surface area contributed by atoms with Gasteiger partial charge >= 0.3 is 17.6 Å². The van der Waals surface area contributed by atoms with Gasteiger partial charge in [-0.1, -0.05) is 13.0 Å².